The molecule has 0 aromatic carbocycles. The molecule has 3 aliphatic rings. The highest BCUT2D eigenvalue weighted by molar-refractivity contribution is 5.85. The first-order valence-corrected chi connectivity index (χ1v) is 9.69. The van der Waals surface area contributed by atoms with E-state index in [4.69, 9.17) is 4.74 Å². The average Bonchev–Trinajstić information content (AvgIpc) is 3.33. The van der Waals surface area contributed by atoms with E-state index < -0.39 is 0 Å². The highest BCUT2D eigenvalue weighted by atomic mass is 35.5. The second-order valence-corrected chi connectivity index (χ2v) is 8.05. The van der Waals surface area contributed by atoms with Crippen LogP contribution in [0.2, 0.25) is 0 Å². The normalized spacial score (nSPS) is 26.3. The molecule has 27 heavy (non-hydrogen) atoms. The van der Waals surface area contributed by atoms with E-state index in [0.29, 0.717) is 12.0 Å². The molecule has 1 amide bonds. The fourth-order valence-corrected chi connectivity index (χ4v) is 4.38. The number of aryl methyl sites for hydroxylation is 1. The van der Waals surface area contributed by atoms with Crippen LogP contribution in [0.15, 0.2) is 6.20 Å². The zero-order valence-corrected chi connectivity index (χ0v) is 17.9. The maximum Gasteiger partial charge on any atom is 0.223 e. The molecule has 0 bridgehead atoms. The number of nitrogens with one attached hydrogen (secondary N) is 1. The molecule has 2 saturated heterocycles. The maximum atomic E-state index is 12.7. The van der Waals surface area contributed by atoms with Gasteiger partial charge in [0.1, 0.15) is 5.82 Å². The molecule has 2 aliphatic heterocycles. The molecular weight excluding hydrogens is 387 g/mol. The number of hydrogen-bond donors (Lipinski definition) is 1. The second kappa shape index (κ2) is 9.59. The summed E-state index contributed by atoms with van der Waals surface area (Å²) in [5.74, 6) is 2.85. The minimum absolute atomic E-state index is 0. The van der Waals surface area contributed by atoms with Crippen LogP contribution >= 0.6 is 24.8 Å². The van der Waals surface area contributed by atoms with Crippen LogP contribution in [0, 0.1) is 24.7 Å². The molecule has 0 radical (unpaired) electrons. The largest absolute Gasteiger partial charge is 0.381 e. The van der Waals surface area contributed by atoms with E-state index in [9.17, 15) is 4.79 Å². The molecule has 154 valence electrons. The number of likely N-dealkylation sites (tertiary alicyclic amines) is 1. The Balaban J connectivity index is 0.00000131. The van der Waals surface area contributed by atoms with Crippen molar-refractivity contribution in [1.29, 1.82) is 0 Å². The summed E-state index contributed by atoms with van der Waals surface area (Å²) in [5.41, 5.74) is 1.25. The molecule has 2 atom stereocenters. The first-order chi connectivity index (χ1) is 12.1. The maximum absolute atomic E-state index is 12.7. The van der Waals surface area contributed by atoms with Gasteiger partial charge < -0.3 is 14.6 Å². The van der Waals surface area contributed by atoms with Gasteiger partial charge in [-0.15, -0.1) is 24.8 Å². The minimum atomic E-state index is 0. The third-order valence-electron chi connectivity index (χ3n) is 6.29. The molecule has 1 N–H and O–H groups in total. The number of imidazole rings is 1. The average molecular weight is 419 g/mol. The summed E-state index contributed by atoms with van der Waals surface area (Å²) in [6.07, 6.45) is 6.37. The van der Waals surface area contributed by atoms with Crippen molar-refractivity contribution in [1.82, 2.24) is 19.8 Å². The Morgan fingerprint density at radius 2 is 1.93 bits per heavy atom. The highest BCUT2D eigenvalue weighted by Gasteiger charge is 2.43. The van der Waals surface area contributed by atoms with E-state index in [2.05, 4.69) is 26.8 Å². The molecule has 1 aromatic heterocycles. The first kappa shape index (κ1) is 22.5. The zero-order chi connectivity index (χ0) is 17.4. The third-order valence-corrected chi connectivity index (χ3v) is 6.29. The topological polar surface area (TPSA) is 59.4 Å². The Morgan fingerprint density at radius 3 is 2.52 bits per heavy atom. The van der Waals surface area contributed by atoms with Crippen molar-refractivity contribution in [2.75, 3.05) is 26.3 Å². The quantitative estimate of drug-likeness (QED) is 0.796. The number of rotatable bonds is 5. The predicted molar refractivity (Wildman–Crippen MR) is 109 cm³/mol. The van der Waals surface area contributed by atoms with E-state index in [1.807, 2.05) is 13.1 Å². The van der Waals surface area contributed by atoms with E-state index >= 15 is 0 Å². The van der Waals surface area contributed by atoms with Gasteiger partial charge in [-0.2, -0.15) is 0 Å². The van der Waals surface area contributed by atoms with Crippen molar-refractivity contribution < 1.29 is 9.53 Å². The van der Waals surface area contributed by atoms with Gasteiger partial charge in [0.05, 0.1) is 5.69 Å². The summed E-state index contributed by atoms with van der Waals surface area (Å²) >= 11 is 0. The van der Waals surface area contributed by atoms with Gasteiger partial charge in [-0.25, -0.2) is 4.98 Å². The number of carbonyl (C=O) groups excluding carboxylic acids is 1. The van der Waals surface area contributed by atoms with Crippen molar-refractivity contribution in [3.8, 4) is 0 Å². The van der Waals surface area contributed by atoms with Gasteiger partial charge >= 0.3 is 0 Å². The summed E-state index contributed by atoms with van der Waals surface area (Å²) in [4.78, 5) is 19.6. The van der Waals surface area contributed by atoms with Gasteiger partial charge in [0, 0.05) is 58.1 Å². The van der Waals surface area contributed by atoms with Gasteiger partial charge in [0.25, 0.3) is 0 Å². The highest BCUT2D eigenvalue weighted by Crippen LogP contribution is 2.41. The summed E-state index contributed by atoms with van der Waals surface area (Å²) in [7, 11) is 2.08. The number of amides is 1. The van der Waals surface area contributed by atoms with Crippen molar-refractivity contribution in [2.24, 2.45) is 24.8 Å². The van der Waals surface area contributed by atoms with Gasteiger partial charge in [0.2, 0.25) is 5.91 Å². The van der Waals surface area contributed by atoms with Gasteiger partial charge in [-0.1, -0.05) is 0 Å². The number of halogens is 2. The Morgan fingerprint density at radius 1 is 1.22 bits per heavy atom. The second-order valence-electron chi connectivity index (χ2n) is 8.05. The molecule has 3 heterocycles. The van der Waals surface area contributed by atoms with Crippen molar-refractivity contribution in [2.45, 2.75) is 45.2 Å². The van der Waals surface area contributed by atoms with E-state index in [1.54, 1.807) is 0 Å². The van der Waals surface area contributed by atoms with Crippen LogP contribution in [-0.2, 0) is 23.1 Å². The Labute approximate surface area is 174 Å². The van der Waals surface area contributed by atoms with Gasteiger partial charge in [-0.05, 0) is 44.4 Å². The lowest BCUT2D eigenvalue weighted by Gasteiger charge is -2.25. The Hall–Kier alpha value is -0.820. The van der Waals surface area contributed by atoms with Crippen LogP contribution in [0.4, 0.5) is 0 Å². The van der Waals surface area contributed by atoms with Crippen LogP contribution in [0.1, 0.15) is 37.2 Å². The van der Waals surface area contributed by atoms with Gasteiger partial charge in [-0.3, -0.25) is 9.69 Å². The number of carbonyl (C=O) groups is 1. The summed E-state index contributed by atoms with van der Waals surface area (Å²) < 4.78 is 7.56. The first-order valence-electron chi connectivity index (χ1n) is 9.69. The number of hydrogen-bond acceptors (Lipinski definition) is 4. The molecule has 1 aromatic rings. The molecule has 0 spiro atoms. The van der Waals surface area contributed by atoms with Crippen LogP contribution in [0.5, 0.6) is 0 Å². The van der Waals surface area contributed by atoms with E-state index in [1.165, 1.54) is 18.5 Å². The lowest BCUT2D eigenvalue weighted by atomic mass is 9.95. The molecular formula is C19H32Cl2N4O2. The fourth-order valence-electron chi connectivity index (χ4n) is 4.38. The summed E-state index contributed by atoms with van der Waals surface area (Å²) in [6, 6.07) is 0.303. The molecule has 3 fully saturated rings. The van der Waals surface area contributed by atoms with Crippen LogP contribution < -0.4 is 5.32 Å². The monoisotopic (exact) mass is 418 g/mol. The van der Waals surface area contributed by atoms with Gasteiger partial charge in [0.15, 0.2) is 0 Å². The zero-order valence-electron chi connectivity index (χ0n) is 16.2. The number of nitrogens with zero attached hydrogens (tertiary/aromatic N) is 3. The van der Waals surface area contributed by atoms with Crippen LogP contribution in [-0.4, -0.2) is 52.7 Å². The standard InChI is InChI=1S/C19H30N4O2.2ClH/c1-13-20-9-16(22(13)2)10-23-11-17(14-3-4-14)18(12-23)21-19(24)15-5-7-25-8-6-15;;/h9,14-15,17-18H,3-8,10-12H2,1-2H3,(H,21,24);2*1H/t17-,18+;;/m1../s1. The summed E-state index contributed by atoms with van der Waals surface area (Å²) in [6.45, 7) is 6.46. The Bertz CT molecular complexity index is 629. The Kier molecular flexibility index (Phi) is 7.98. The number of aromatic nitrogens is 2. The molecule has 4 rings (SSSR count). The smallest absolute Gasteiger partial charge is 0.223 e. The third kappa shape index (κ3) is 5.17. The molecule has 1 saturated carbocycles. The SMILES string of the molecule is Cc1ncc(CN2C[C@H](NC(=O)C3CCOCC3)[C@@H](C3CC3)C2)n1C.Cl.Cl. The number of ether oxygens (including phenoxy) is 1. The van der Waals surface area contributed by atoms with E-state index in [0.717, 1.165) is 57.4 Å². The van der Waals surface area contributed by atoms with Crippen molar-refractivity contribution in [3.05, 3.63) is 17.7 Å². The minimum Gasteiger partial charge on any atom is -0.381 e. The molecule has 6 nitrogen and oxygen atoms in total. The van der Waals surface area contributed by atoms with Crippen molar-refractivity contribution >= 4 is 30.7 Å². The predicted octanol–water partition coefficient (Wildman–Crippen LogP) is 2.33. The van der Waals surface area contributed by atoms with Crippen LogP contribution in [0.25, 0.3) is 0 Å². The van der Waals surface area contributed by atoms with Crippen molar-refractivity contribution in [3.63, 3.8) is 0 Å². The molecule has 8 heteroatoms. The lowest BCUT2D eigenvalue weighted by Crippen LogP contribution is -2.45. The lowest BCUT2D eigenvalue weighted by molar-refractivity contribution is -0.128. The fraction of sp³-hybridized carbons (Fsp3) is 0.789. The van der Waals surface area contributed by atoms with Crippen LogP contribution in [0.3, 0.4) is 0 Å². The molecule has 0 unspecified atom stereocenters. The molecule has 1 aliphatic carbocycles. The summed E-state index contributed by atoms with van der Waals surface area (Å²) in [5, 5.41) is 3.40. The van der Waals surface area contributed by atoms with E-state index in [-0.39, 0.29) is 36.6 Å².